The number of hydrogen-bond donors (Lipinski definition) is 1. The predicted octanol–water partition coefficient (Wildman–Crippen LogP) is 3.14. The average molecular weight is 263 g/mol. The van der Waals surface area contributed by atoms with Crippen LogP contribution in [0, 0.1) is 0 Å². The second kappa shape index (κ2) is 4.03. The highest BCUT2D eigenvalue weighted by atomic mass is 16.3. The topological polar surface area (TPSA) is 72.0 Å². The number of furan rings is 1. The minimum absolute atomic E-state index is 0.151. The van der Waals surface area contributed by atoms with Crippen LogP contribution < -0.4 is 0 Å². The molecule has 0 aliphatic heterocycles. The van der Waals surface area contributed by atoms with Crippen LogP contribution in [0.1, 0.15) is 0 Å². The van der Waals surface area contributed by atoms with Crippen molar-refractivity contribution >= 4 is 22.2 Å². The van der Waals surface area contributed by atoms with Crippen LogP contribution in [0.5, 0.6) is 5.75 Å². The van der Waals surface area contributed by atoms with Gasteiger partial charge in [-0.15, -0.1) is 0 Å². The molecule has 0 fully saturated rings. The molecule has 3 heterocycles. The van der Waals surface area contributed by atoms with Crippen molar-refractivity contribution < 1.29 is 9.52 Å². The summed E-state index contributed by atoms with van der Waals surface area (Å²) in [4.78, 5) is 12.9. The van der Waals surface area contributed by atoms with E-state index in [1.165, 1.54) is 0 Å². The summed E-state index contributed by atoms with van der Waals surface area (Å²) in [5, 5.41) is 10.7. The Hall–Kier alpha value is -2.95. The summed E-state index contributed by atoms with van der Waals surface area (Å²) in [6.07, 6.45) is 3.27. The van der Waals surface area contributed by atoms with Crippen molar-refractivity contribution in [2.45, 2.75) is 0 Å². The molecule has 0 bridgehead atoms. The molecule has 0 spiro atoms. The summed E-state index contributed by atoms with van der Waals surface area (Å²) >= 11 is 0. The van der Waals surface area contributed by atoms with Crippen molar-refractivity contribution in [2.75, 3.05) is 0 Å². The van der Waals surface area contributed by atoms with Gasteiger partial charge in [0.15, 0.2) is 11.4 Å². The van der Waals surface area contributed by atoms with Crippen LogP contribution in [-0.4, -0.2) is 20.1 Å². The molecule has 5 heteroatoms. The van der Waals surface area contributed by atoms with Gasteiger partial charge in [-0.1, -0.05) is 12.1 Å². The van der Waals surface area contributed by atoms with Crippen LogP contribution >= 0.6 is 0 Å². The minimum Gasteiger partial charge on any atom is -0.507 e. The number of rotatable bonds is 1. The molecule has 5 nitrogen and oxygen atoms in total. The molecular formula is C15H9N3O2. The van der Waals surface area contributed by atoms with E-state index in [1.807, 2.05) is 18.2 Å². The maximum atomic E-state index is 9.88. The number of phenols is 1. The second-order valence-corrected chi connectivity index (χ2v) is 4.38. The molecule has 4 aromatic rings. The molecule has 0 saturated carbocycles. The van der Waals surface area contributed by atoms with E-state index in [2.05, 4.69) is 15.0 Å². The Morgan fingerprint density at radius 1 is 1.00 bits per heavy atom. The van der Waals surface area contributed by atoms with Crippen molar-refractivity contribution in [2.24, 2.45) is 0 Å². The van der Waals surface area contributed by atoms with Crippen LogP contribution in [0.3, 0.4) is 0 Å². The quantitative estimate of drug-likeness (QED) is 0.571. The largest absolute Gasteiger partial charge is 0.507 e. The van der Waals surface area contributed by atoms with Crippen LogP contribution in [0.2, 0.25) is 0 Å². The molecule has 0 aliphatic carbocycles. The zero-order valence-corrected chi connectivity index (χ0v) is 10.3. The third-order valence-corrected chi connectivity index (χ3v) is 3.13. The third-order valence-electron chi connectivity index (χ3n) is 3.13. The fourth-order valence-corrected chi connectivity index (χ4v) is 2.19. The number of aromatic hydroxyl groups is 1. The highest BCUT2D eigenvalue weighted by Gasteiger charge is 2.12. The zero-order chi connectivity index (χ0) is 13.5. The van der Waals surface area contributed by atoms with Crippen LogP contribution in [0.4, 0.5) is 0 Å². The van der Waals surface area contributed by atoms with Crippen molar-refractivity contribution in [3.05, 3.63) is 48.8 Å². The number of aromatic nitrogens is 3. The maximum Gasteiger partial charge on any atom is 0.229 e. The Balaban J connectivity index is 2.03. The highest BCUT2D eigenvalue weighted by Crippen LogP contribution is 2.30. The van der Waals surface area contributed by atoms with Gasteiger partial charge in [0, 0.05) is 6.20 Å². The number of nitrogens with zero attached hydrogens (tertiary/aromatic N) is 3. The van der Waals surface area contributed by atoms with Gasteiger partial charge in [0.25, 0.3) is 0 Å². The molecule has 0 radical (unpaired) electrons. The standard InChI is InChI=1S/C15H9N3O2/c19-11-6-2-1-4-9(11)14-17-8-12-13(18-14)10-5-3-7-16-15(10)20-12/h1-8,19H. The Bertz CT molecular complexity index is 931. The van der Waals surface area contributed by atoms with Crippen molar-refractivity contribution in [1.82, 2.24) is 15.0 Å². The smallest absolute Gasteiger partial charge is 0.229 e. The Morgan fingerprint density at radius 3 is 2.80 bits per heavy atom. The van der Waals surface area contributed by atoms with Crippen molar-refractivity contribution in [3.63, 3.8) is 0 Å². The van der Waals surface area contributed by atoms with E-state index in [9.17, 15) is 5.11 Å². The molecule has 96 valence electrons. The normalized spacial score (nSPS) is 11.2. The Kier molecular flexibility index (Phi) is 2.20. The molecule has 1 aromatic carbocycles. The fraction of sp³-hybridized carbons (Fsp3) is 0. The minimum atomic E-state index is 0.151. The lowest BCUT2D eigenvalue weighted by Crippen LogP contribution is -1.88. The summed E-state index contributed by atoms with van der Waals surface area (Å²) in [5.74, 6) is 0.611. The molecule has 1 N–H and O–H groups in total. The molecule has 3 aromatic heterocycles. The summed E-state index contributed by atoms with van der Waals surface area (Å²) in [7, 11) is 0. The lowest BCUT2D eigenvalue weighted by Gasteiger charge is -2.01. The maximum absolute atomic E-state index is 9.88. The van der Waals surface area contributed by atoms with E-state index in [-0.39, 0.29) is 5.75 Å². The Labute approximate surface area is 113 Å². The van der Waals surface area contributed by atoms with Crippen LogP contribution in [0.15, 0.2) is 53.2 Å². The molecule has 0 saturated heterocycles. The van der Waals surface area contributed by atoms with E-state index < -0.39 is 0 Å². The first-order valence-corrected chi connectivity index (χ1v) is 6.11. The second-order valence-electron chi connectivity index (χ2n) is 4.38. The predicted molar refractivity (Wildman–Crippen MR) is 74.2 cm³/mol. The van der Waals surface area contributed by atoms with E-state index in [0.29, 0.717) is 28.2 Å². The number of fused-ring (bicyclic) bond motifs is 3. The molecule has 0 aliphatic rings. The lowest BCUT2D eigenvalue weighted by atomic mass is 10.2. The first kappa shape index (κ1) is 10.9. The first-order valence-electron chi connectivity index (χ1n) is 6.11. The molecule has 4 rings (SSSR count). The molecule has 20 heavy (non-hydrogen) atoms. The lowest BCUT2D eigenvalue weighted by molar-refractivity contribution is 0.477. The SMILES string of the molecule is Oc1ccccc1-c1ncc2oc3ncccc3c2n1. The van der Waals surface area contributed by atoms with Crippen molar-refractivity contribution in [3.8, 4) is 17.1 Å². The number of benzene rings is 1. The van der Waals surface area contributed by atoms with E-state index in [0.717, 1.165) is 5.39 Å². The summed E-state index contributed by atoms with van der Waals surface area (Å²) in [6.45, 7) is 0. The van der Waals surface area contributed by atoms with Gasteiger partial charge in [-0.05, 0) is 24.3 Å². The first-order chi connectivity index (χ1) is 9.83. The van der Waals surface area contributed by atoms with Gasteiger partial charge in [0.05, 0.1) is 17.1 Å². The Morgan fingerprint density at radius 2 is 1.90 bits per heavy atom. The van der Waals surface area contributed by atoms with Gasteiger partial charge in [0.2, 0.25) is 5.71 Å². The van der Waals surface area contributed by atoms with Crippen LogP contribution in [0.25, 0.3) is 33.6 Å². The van der Waals surface area contributed by atoms with Gasteiger partial charge >= 0.3 is 0 Å². The molecule has 0 amide bonds. The van der Waals surface area contributed by atoms with Crippen molar-refractivity contribution in [1.29, 1.82) is 0 Å². The van der Waals surface area contributed by atoms with E-state index >= 15 is 0 Å². The van der Waals surface area contributed by atoms with E-state index in [4.69, 9.17) is 4.42 Å². The number of phenolic OH excluding ortho intramolecular Hbond substituents is 1. The average Bonchev–Trinajstić information content (AvgIpc) is 2.85. The van der Waals surface area contributed by atoms with Gasteiger partial charge in [0.1, 0.15) is 11.3 Å². The summed E-state index contributed by atoms with van der Waals surface area (Å²) in [5.41, 5.74) is 2.40. The van der Waals surface area contributed by atoms with Gasteiger partial charge in [-0.25, -0.2) is 15.0 Å². The van der Waals surface area contributed by atoms with Gasteiger partial charge in [-0.2, -0.15) is 0 Å². The highest BCUT2D eigenvalue weighted by molar-refractivity contribution is 6.00. The molecule has 0 unspecified atom stereocenters. The zero-order valence-electron chi connectivity index (χ0n) is 10.3. The molecule has 0 atom stereocenters. The third kappa shape index (κ3) is 1.53. The van der Waals surface area contributed by atoms with Gasteiger partial charge < -0.3 is 9.52 Å². The molecular weight excluding hydrogens is 254 g/mol. The fourth-order valence-electron chi connectivity index (χ4n) is 2.19. The monoisotopic (exact) mass is 263 g/mol. The number of pyridine rings is 1. The number of hydrogen-bond acceptors (Lipinski definition) is 5. The van der Waals surface area contributed by atoms with Gasteiger partial charge in [-0.3, -0.25) is 0 Å². The summed E-state index contributed by atoms with van der Waals surface area (Å²) in [6, 6.07) is 10.7. The number of para-hydroxylation sites is 1. The van der Waals surface area contributed by atoms with E-state index in [1.54, 1.807) is 30.6 Å². The van der Waals surface area contributed by atoms with Crippen LogP contribution in [-0.2, 0) is 0 Å². The summed E-state index contributed by atoms with van der Waals surface area (Å²) < 4.78 is 5.57.